The first kappa shape index (κ1) is 12.8. The molecule has 0 aromatic heterocycles. The minimum Gasteiger partial charge on any atom is -0.392 e. The summed E-state index contributed by atoms with van der Waals surface area (Å²) in [6.07, 6.45) is 0. The van der Waals surface area contributed by atoms with E-state index in [4.69, 9.17) is 0 Å². The van der Waals surface area contributed by atoms with Crippen molar-refractivity contribution in [2.24, 2.45) is 0 Å². The molecule has 4 rings (SSSR count). The molecule has 3 saturated heterocycles. The van der Waals surface area contributed by atoms with E-state index in [1.165, 1.54) is 31.4 Å². The van der Waals surface area contributed by atoms with Gasteiger partial charge in [-0.2, -0.15) is 0 Å². The maximum absolute atomic E-state index is 12.6. The standard InChI is InChI=1S/C12H12N2O3S2/c1-13-9(16)10-14(8-5-3-2-4-6-8)11(17)12(13,7-15)19-18-10/h2-6,10,15H,7H2,1H3. The molecule has 0 aliphatic carbocycles. The van der Waals surface area contributed by atoms with Gasteiger partial charge in [-0.15, -0.1) is 0 Å². The van der Waals surface area contributed by atoms with E-state index in [0.717, 1.165) is 0 Å². The lowest BCUT2D eigenvalue weighted by atomic mass is 10.1. The Morgan fingerprint density at radius 3 is 2.63 bits per heavy atom. The fraction of sp³-hybridized carbons (Fsp3) is 0.333. The molecule has 19 heavy (non-hydrogen) atoms. The zero-order chi connectivity index (χ0) is 13.6. The Labute approximate surface area is 118 Å². The molecule has 3 fully saturated rings. The van der Waals surface area contributed by atoms with Gasteiger partial charge < -0.3 is 10.0 Å². The minimum absolute atomic E-state index is 0.152. The number of likely N-dealkylation sites (N-methyl/N-ethyl adjacent to an activating group) is 1. The second kappa shape index (κ2) is 4.43. The van der Waals surface area contributed by atoms with Crippen LogP contribution in [0.4, 0.5) is 5.69 Å². The number of fused-ring (bicyclic) bond motifs is 3. The smallest absolute Gasteiger partial charge is 0.268 e. The summed E-state index contributed by atoms with van der Waals surface area (Å²) in [5.41, 5.74) is 0.685. The summed E-state index contributed by atoms with van der Waals surface area (Å²) in [4.78, 5) is 26.5. The van der Waals surface area contributed by atoms with Crippen molar-refractivity contribution >= 4 is 39.1 Å². The van der Waals surface area contributed by atoms with Crippen LogP contribution in [0.5, 0.6) is 0 Å². The molecule has 3 aliphatic rings. The highest BCUT2D eigenvalue weighted by molar-refractivity contribution is 8.78. The van der Waals surface area contributed by atoms with Gasteiger partial charge in [-0.05, 0) is 12.1 Å². The van der Waals surface area contributed by atoms with Crippen molar-refractivity contribution < 1.29 is 14.7 Å². The molecule has 1 aromatic carbocycles. The third-order valence-corrected chi connectivity index (χ3v) is 6.60. The van der Waals surface area contributed by atoms with Gasteiger partial charge in [0.05, 0.1) is 6.61 Å². The van der Waals surface area contributed by atoms with Crippen LogP contribution >= 0.6 is 21.6 Å². The normalized spacial score (nSPS) is 30.1. The number of aliphatic hydroxyl groups is 1. The summed E-state index contributed by atoms with van der Waals surface area (Å²) in [5.74, 6) is -0.390. The van der Waals surface area contributed by atoms with Crippen LogP contribution in [0, 0.1) is 0 Å². The average molecular weight is 296 g/mol. The van der Waals surface area contributed by atoms with Crippen molar-refractivity contribution in [1.82, 2.24) is 4.90 Å². The van der Waals surface area contributed by atoms with Crippen molar-refractivity contribution in [3.05, 3.63) is 30.3 Å². The van der Waals surface area contributed by atoms with Crippen molar-refractivity contribution in [2.45, 2.75) is 10.2 Å². The quantitative estimate of drug-likeness (QED) is 0.822. The Balaban J connectivity index is 2.09. The SMILES string of the molecule is CN1C(=O)C2SSC1(CO)C(=O)N2c1ccccc1. The van der Waals surface area contributed by atoms with Crippen LogP contribution in [-0.4, -0.2) is 45.7 Å². The number of para-hydroxylation sites is 1. The number of piperazine rings is 1. The Kier molecular flexibility index (Phi) is 2.99. The van der Waals surface area contributed by atoms with Gasteiger partial charge in [0.2, 0.25) is 4.87 Å². The van der Waals surface area contributed by atoms with E-state index >= 15 is 0 Å². The summed E-state index contributed by atoms with van der Waals surface area (Å²) in [6.45, 7) is -0.387. The summed E-state index contributed by atoms with van der Waals surface area (Å²) < 4.78 is 0. The van der Waals surface area contributed by atoms with E-state index in [0.29, 0.717) is 5.69 Å². The van der Waals surface area contributed by atoms with E-state index in [2.05, 4.69) is 0 Å². The number of hydrogen-bond donors (Lipinski definition) is 1. The van der Waals surface area contributed by atoms with Crippen molar-refractivity contribution in [1.29, 1.82) is 0 Å². The highest BCUT2D eigenvalue weighted by Gasteiger charge is 2.61. The summed E-state index contributed by atoms with van der Waals surface area (Å²) in [7, 11) is 4.15. The molecule has 2 atom stereocenters. The van der Waals surface area contributed by atoms with Gasteiger partial charge in [-0.1, -0.05) is 39.8 Å². The first-order chi connectivity index (χ1) is 9.12. The van der Waals surface area contributed by atoms with Gasteiger partial charge >= 0.3 is 0 Å². The van der Waals surface area contributed by atoms with Crippen molar-refractivity contribution in [3.63, 3.8) is 0 Å². The molecule has 2 amide bonds. The highest BCUT2D eigenvalue weighted by atomic mass is 33.1. The molecule has 3 heterocycles. The van der Waals surface area contributed by atoms with Crippen LogP contribution in [0.15, 0.2) is 30.3 Å². The predicted molar refractivity (Wildman–Crippen MR) is 75.5 cm³/mol. The molecular formula is C12H12N2O3S2. The Hall–Kier alpha value is -1.18. The van der Waals surface area contributed by atoms with Crippen molar-refractivity contribution in [2.75, 3.05) is 18.6 Å². The zero-order valence-corrected chi connectivity index (χ0v) is 11.8. The predicted octanol–water partition coefficient (Wildman–Crippen LogP) is 0.901. The maximum Gasteiger partial charge on any atom is 0.268 e. The van der Waals surface area contributed by atoms with Crippen LogP contribution in [0.25, 0.3) is 0 Å². The fourth-order valence-electron chi connectivity index (χ4n) is 2.23. The third-order valence-electron chi connectivity index (χ3n) is 3.40. The molecule has 0 spiro atoms. The zero-order valence-electron chi connectivity index (χ0n) is 10.1. The lowest BCUT2D eigenvalue weighted by Crippen LogP contribution is -2.72. The summed E-state index contributed by atoms with van der Waals surface area (Å²) in [5, 5.41) is 9.06. The Bertz CT molecular complexity index is 539. The molecular weight excluding hydrogens is 284 g/mol. The molecule has 2 unspecified atom stereocenters. The molecule has 0 radical (unpaired) electrons. The van der Waals surface area contributed by atoms with E-state index in [9.17, 15) is 14.7 Å². The molecule has 3 aliphatic heterocycles. The lowest BCUT2D eigenvalue weighted by Gasteiger charge is -2.53. The monoisotopic (exact) mass is 296 g/mol. The van der Waals surface area contributed by atoms with Gasteiger partial charge in [0, 0.05) is 12.7 Å². The topological polar surface area (TPSA) is 60.9 Å². The number of anilines is 1. The number of aliphatic hydroxyl groups excluding tert-OH is 1. The van der Waals surface area contributed by atoms with E-state index in [-0.39, 0.29) is 18.4 Å². The number of carbonyl (C=O) groups is 2. The molecule has 1 N–H and O–H groups in total. The number of carbonyl (C=O) groups excluding carboxylic acids is 2. The van der Waals surface area contributed by atoms with Gasteiger partial charge in [0.1, 0.15) is 0 Å². The van der Waals surface area contributed by atoms with Gasteiger partial charge in [-0.25, -0.2) is 0 Å². The number of rotatable bonds is 2. The van der Waals surface area contributed by atoms with Gasteiger partial charge in [-0.3, -0.25) is 14.5 Å². The van der Waals surface area contributed by atoms with Gasteiger partial charge in [0.15, 0.2) is 5.37 Å². The average Bonchev–Trinajstić information content (AvgIpc) is 2.45. The third kappa shape index (κ3) is 1.62. The summed E-state index contributed by atoms with van der Waals surface area (Å²) >= 11 is 0. The molecule has 100 valence electrons. The molecule has 2 bridgehead atoms. The first-order valence-corrected chi connectivity index (χ1v) is 7.95. The molecule has 5 nitrogen and oxygen atoms in total. The van der Waals surface area contributed by atoms with Crippen molar-refractivity contribution in [3.8, 4) is 0 Å². The molecule has 0 saturated carbocycles. The van der Waals surface area contributed by atoms with Crippen LogP contribution in [-0.2, 0) is 9.59 Å². The lowest BCUT2D eigenvalue weighted by molar-refractivity contribution is -0.146. The molecule has 7 heteroatoms. The number of benzene rings is 1. The fourth-order valence-corrected chi connectivity index (χ4v) is 5.42. The van der Waals surface area contributed by atoms with E-state index in [1.54, 1.807) is 19.2 Å². The van der Waals surface area contributed by atoms with Crippen LogP contribution in [0.3, 0.4) is 0 Å². The number of hydrogen-bond acceptors (Lipinski definition) is 5. The van der Waals surface area contributed by atoms with Crippen LogP contribution < -0.4 is 4.90 Å². The molecule has 1 aromatic rings. The largest absolute Gasteiger partial charge is 0.392 e. The highest BCUT2D eigenvalue weighted by Crippen LogP contribution is 2.53. The number of amides is 2. The first-order valence-electron chi connectivity index (χ1n) is 5.73. The van der Waals surface area contributed by atoms with E-state index in [1.807, 2.05) is 18.2 Å². The summed E-state index contributed by atoms with van der Waals surface area (Å²) in [6, 6.07) is 9.09. The van der Waals surface area contributed by atoms with E-state index < -0.39 is 10.2 Å². The second-order valence-electron chi connectivity index (χ2n) is 4.38. The maximum atomic E-state index is 12.6. The Morgan fingerprint density at radius 2 is 2.00 bits per heavy atom. The number of nitrogens with zero attached hydrogens (tertiary/aromatic N) is 2. The second-order valence-corrected chi connectivity index (χ2v) is 6.94. The van der Waals surface area contributed by atoms with Crippen LogP contribution in [0.2, 0.25) is 0 Å². The van der Waals surface area contributed by atoms with Crippen LogP contribution in [0.1, 0.15) is 0 Å². The Morgan fingerprint density at radius 1 is 1.32 bits per heavy atom. The minimum atomic E-state index is -1.20. The van der Waals surface area contributed by atoms with Gasteiger partial charge in [0.25, 0.3) is 11.8 Å².